The first-order valence-electron chi connectivity index (χ1n) is 7.50. The maximum absolute atomic E-state index is 12.8. The lowest BCUT2D eigenvalue weighted by atomic mass is 9.85. The van der Waals surface area contributed by atoms with Crippen molar-refractivity contribution >= 4 is 5.78 Å². The Hall–Kier alpha value is -1.39. The molecule has 2 rings (SSSR count). The van der Waals surface area contributed by atoms with Gasteiger partial charge in [0, 0.05) is 44.6 Å². The number of hydrogen-bond donors (Lipinski definition) is 0. The van der Waals surface area contributed by atoms with E-state index in [1.54, 1.807) is 7.11 Å². The number of carbonyl (C=O) groups is 1. The van der Waals surface area contributed by atoms with E-state index in [2.05, 4.69) is 0 Å². The Bertz CT molecular complexity index is 484. The summed E-state index contributed by atoms with van der Waals surface area (Å²) in [5.41, 5.74) is 1.35. The minimum absolute atomic E-state index is 0.122. The van der Waals surface area contributed by atoms with Crippen LogP contribution in [0.3, 0.4) is 0 Å². The van der Waals surface area contributed by atoms with Gasteiger partial charge >= 0.3 is 0 Å². The van der Waals surface area contributed by atoms with Crippen LogP contribution in [-0.2, 0) is 20.7 Å². The van der Waals surface area contributed by atoms with Crippen molar-refractivity contribution in [2.45, 2.75) is 38.7 Å². The molecule has 116 valence electrons. The van der Waals surface area contributed by atoms with Crippen LogP contribution in [0.2, 0.25) is 0 Å². The first kappa shape index (κ1) is 16.0. The summed E-state index contributed by atoms with van der Waals surface area (Å²) in [4.78, 5) is 12.8. The molecule has 4 nitrogen and oxygen atoms in total. The van der Waals surface area contributed by atoms with E-state index in [-0.39, 0.29) is 5.78 Å². The SMILES string of the molecule is CCOC1(C(=O)Cc2cc(C)ccc2OC)CCOCC1. The third-order valence-corrected chi connectivity index (χ3v) is 4.02. The van der Waals surface area contributed by atoms with E-state index in [0.29, 0.717) is 39.1 Å². The molecule has 4 heteroatoms. The van der Waals surface area contributed by atoms with Crippen LogP contribution in [-0.4, -0.2) is 38.3 Å². The molecule has 1 heterocycles. The van der Waals surface area contributed by atoms with Crippen molar-refractivity contribution in [2.24, 2.45) is 0 Å². The number of hydrogen-bond acceptors (Lipinski definition) is 4. The number of ether oxygens (including phenoxy) is 3. The van der Waals surface area contributed by atoms with E-state index in [0.717, 1.165) is 16.9 Å². The van der Waals surface area contributed by atoms with Gasteiger partial charge in [-0.15, -0.1) is 0 Å². The highest BCUT2D eigenvalue weighted by molar-refractivity contribution is 5.89. The van der Waals surface area contributed by atoms with E-state index in [4.69, 9.17) is 14.2 Å². The molecule has 0 unspecified atom stereocenters. The highest BCUT2D eigenvalue weighted by atomic mass is 16.5. The van der Waals surface area contributed by atoms with Crippen molar-refractivity contribution in [1.29, 1.82) is 0 Å². The Labute approximate surface area is 126 Å². The second kappa shape index (κ2) is 7.05. The first-order valence-corrected chi connectivity index (χ1v) is 7.50. The second-order valence-electron chi connectivity index (χ2n) is 5.45. The molecule has 0 aromatic heterocycles. The summed E-state index contributed by atoms with van der Waals surface area (Å²) in [6.45, 7) is 5.64. The fourth-order valence-electron chi connectivity index (χ4n) is 2.86. The van der Waals surface area contributed by atoms with Crippen LogP contribution in [0.1, 0.15) is 30.9 Å². The summed E-state index contributed by atoms with van der Waals surface area (Å²) < 4.78 is 16.6. The summed E-state index contributed by atoms with van der Waals surface area (Å²) in [5.74, 6) is 0.879. The number of ketones is 1. The van der Waals surface area contributed by atoms with Gasteiger partial charge in [-0.25, -0.2) is 0 Å². The summed E-state index contributed by atoms with van der Waals surface area (Å²) in [5, 5.41) is 0. The normalized spacial score (nSPS) is 17.5. The lowest BCUT2D eigenvalue weighted by Crippen LogP contribution is -2.47. The Kier molecular flexibility index (Phi) is 5.37. The second-order valence-corrected chi connectivity index (χ2v) is 5.45. The summed E-state index contributed by atoms with van der Waals surface area (Å²) in [6.07, 6.45) is 1.60. The molecule has 1 aliphatic heterocycles. The van der Waals surface area contributed by atoms with Gasteiger partial charge in [0.25, 0.3) is 0 Å². The van der Waals surface area contributed by atoms with Gasteiger partial charge in [0.15, 0.2) is 5.78 Å². The maximum atomic E-state index is 12.8. The number of aryl methyl sites for hydroxylation is 1. The molecular formula is C17H24O4. The van der Waals surface area contributed by atoms with Gasteiger partial charge in [-0.1, -0.05) is 17.7 Å². The minimum Gasteiger partial charge on any atom is -0.496 e. The van der Waals surface area contributed by atoms with Gasteiger partial charge in [-0.2, -0.15) is 0 Å². The Morgan fingerprint density at radius 3 is 2.67 bits per heavy atom. The highest BCUT2D eigenvalue weighted by Gasteiger charge is 2.40. The average Bonchev–Trinajstić information content (AvgIpc) is 2.49. The smallest absolute Gasteiger partial charge is 0.169 e. The molecule has 0 atom stereocenters. The molecule has 1 fully saturated rings. The molecule has 1 aromatic carbocycles. The quantitative estimate of drug-likeness (QED) is 0.808. The largest absolute Gasteiger partial charge is 0.496 e. The predicted molar refractivity (Wildman–Crippen MR) is 80.9 cm³/mol. The number of carbonyl (C=O) groups excluding carboxylic acids is 1. The Balaban J connectivity index is 2.20. The van der Waals surface area contributed by atoms with Crippen molar-refractivity contribution in [2.75, 3.05) is 26.9 Å². The van der Waals surface area contributed by atoms with Crippen molar-refractivity contribution in [1.82, 2.24) is 0 Å². The van der Waals surface area contributed by atoms with Crippen molar-refractivity contribution in [3.05, 3.63) is 29.3 Å². The Morgan fingerprint density at radius 1 is 1.33 bits per heavy atom. The zero-order valence-electron chi connectivity index (χ0n) is 13.1. The van der Waals surface area contributed by atoms with Crippen LogP contribution in [0.25, 0.3) is 0 Å². The van der Waals surface area contributed by atoms with E-state index in [1.807, 2.05) is 32.0 Å². The molecule has 0 bridgehead atoms. The van der Waals surface area contributed by atoms with Crippen molar-refractivity contribution in [3.8, 4) is 5.75 Å². The molecule has 1 aliphatic rings. The number of benzene rings is 1. The highest BCUT2D eigenvalue weighted by Crippen LogP contribution is 2.30. The first-order chi connectivity index (χ1) is 10.1. The minimum atomic E-state index is -0.693. The average molecular weight is 292 g/mol. The van der Waals surface area contributed by atoms with Crippen LogP contribution in [0.4, 0.5) is 0 Å². The lowest BCUT2D eigenvalue weighted by molar-refractivity contribution is -0.156. The molecule has 21 heavy (non-hydrogen) atoms. The van der Waals surface area contributed by atoms with Crippen molar-refractivity contribution < 1.29 is 19.0 Å². The monoisotopic (exact) mass is 292 g/mol. The molecular weight excluding hydrogens is 268 g/mol. The van der Waals surface area contributed by atoms with Crippen LogP contribution in [0.5, 0.6) is 5.75 Å². The molecule has 0 radical (unpaired) electrons. The topological polar surface area (TPSA) is 44.8 Å². The molecule has 1 aromatic rings. The zero-order chi connectivity index (χ0) is 15.3. The number of rotatable bonds is 6. The number of Topliss-reactive ketones (excluding diaryl/α,β-unsaturated/α-hetero) is 1. The number of methoxy groups -OCH3 is 1. The van der Waals surface area contributed by atoms with E-state index in [1.165, 1.54) is 0 Å². The van der Waals surface area contributed by atoms with Crippen LogP contribution < -0.4 is 4.74 Å². The van der Waals surface area contributed by atoms with Gasteiger partial charge in [-0.05, 0) is 19.9 Å². The third kappa shape index (κ3) is 3.63. The molecule has 0 saturated carbocycles. The van der Waals surface area contributed by atoms with E-state index < -0.39 is 5.60 Å². The van der Waals surface area contributed by atoms with Gasteiger partial charge in [0.2, 0.25) is 0 Å². The van der Waals surface area contributed by atoms with E-state index >= 15 is 0 Å². The summed E-state index contributed by atoms with van der Waals surface area (Å²) in [6, 6.07) is 5.91. The van der Waals surface area contributed by atoms with Crippen molar-refractivity contribution in [3.63, 3.8) is 0 Å². The molecule has 1 saturated heterocycles. The van der Waals surface area contributed by atoms with Crippen LogP contribution in [0.15, 0.2) is 18.2 Å². The fourth-order valence-corrected chi connectivity index (χ4v) is 2.86. The van der Waals surface area contributed by atoms with Gasteiger partial charge < -0.3 is 14.2 Å². The van der Waals surface area contributed by atoms with Crippen LogP contribution in [0, 0.1) is 6.92 Å². The molecule has 0 spiro atoms. The fraction of sp³-hybridized carbons (Fsp3) is 0.588. The zero-order valence-corrected chi connectivity index (χ0v) is 13.1. The molecule has 0 N–H and O–H groups in total. The summed E-state index contributed by atoms with van der Waals surface area (Å²) in [7, 11) is 1.63. The van der Waals surface area contributed by atoms with Crippen LogP contribution >= 0.6 is 0 Å². The molecule has 0 amide bonds. The lowest BCUT2D eigenvalue weighted by Gasteiger charge is -2.35. The van der Waals surface area contributed by atoms with Gasteiger partial charge in [0.1, 0.15) is 11.4 Å². The van der Waals surface area contributed by atoms with Gasteiger partial charge in [-0.3, -0.25) is 4.79 Å². The predicted octanol–water partition coefficient (Wildman–Crippen LogP) is 2.70. The Morgan fingerprint density at radius 2 is 2.05 bits per heavy atom. The molecule has 0 aliphatic carbocycles. The van der Waals surface area contributed by atoms with Gasteiger partial charge in [0.05, 0.1) is 7.11 Å². The maximum Gasteiger partial charge on any atom is 0.169 e. The third-order valence-electron chi connectivity index (χ3n) is 4.02. The summed E-state index contributed by atoms with van der Waals surface area (Å²) >= 11 is 0. The van der Waals surface area contributed by atoms with E-state index in [9.17, 15) is 4.79 Å². The standard InChI is InChI=1S/C17H24O4/c1-4-21-17(7-9-20-10-8-17)16(18)12-14-11-13(2)5-6-15(14)19-3/h5-6,11H,4,7-10,12H2,1-3H3.